The molecule has 0 heterocycles. The maximum Gasteiger partial charge on any atom is 0.0584 e. The van der Waals surface area contributed by atoms with Gasteiger partial charge in [0.25, 0.3) is 0 Å². The van der Waals surface area contributed by atoms with Crippen molar-refractivity contribution in [1.29, 1.82) is 0 Å². The first-order chi connectivity index (χ1) is 7.53. The van der Waals surface area contributed by atoms with E-state index in [9.17, 15) is 0 Å². The second kappa shape index (κ2) is 5.99. The summed E-state index contributed by atoms with van der Waals surface area (Å²) >= 11 is 0. The molecule has 3 nitrogen and oxygen atoms in total. The molecule has 0 aromatic carbocycles. The molecule has 0 amide bonds. The van der Waals surface area contributed by atoms with E-state index in [1.807, 2.05) is 0 Å². The summed E-state index contributed by atoms with van der Waals surface area (Å²) in [5, 5.41) is 9.16. The van der Waals surface area contributed by atoms with Gasteiger partial charge < -0.3 is 15.7 Å². The minimum atomic E-state index is 0.230. The summed E-state index contributed by atoms with van der Waals surface area (Å²) in [6.07, 6.45) is 5.09. The first-order valence-electron chi connectivity index (χ1n) is 6.54. The first-order valence-corrected chi connectivity index (χ1v) is 6.54. The Balaban J connectivity index is 2.53. The van der Waals surface area contributed by atoms with Crippen LogP contribution in [0.15, 0.2) is 0 Å². The molecular formula is C13H28N2O. The summed E-state index contributed by atoms with van der Waals surface area (Å²) in [4.78, 5) is 2.25. The average Bonchev–Trinajstić information content (AvgIpc) is 2.31. The van der Waals surface area contributed by atoms with Crippen molar-refractivity contribution in [3.05, 3.63) is 0 Å². The Morgan fingerprint density at radius 2 is 2.00 bits per heavy atom. The number of aliphatic hydroxyl groups excluding tert-OH is 1. The number of nitrogens with two attached hydrogens (primary N) is 1. The Hall–Kier alpha value is -0.120. The normalized spacial score (nSPS) is 33.0. The van der Waals surface area contributed by atoms with Gasteiger partial charge >= 0.3 is 0 Å². The number of likely N-dealkylation sites (N-methyl/N-ethyl adjacent to an activating group) is 1. The molecule has 0 aliphatic heterocycles. The van der Waals surface area contributed by atoms with Gasteiger partial charge in [0.2, 0.25) is 0 Å². The van der Waals surface area contributed by atoms with Crippen LogP contribution >= 0.6 is 0 Å². The number of rotatable bonds is 5. The molecule has 0 saturated heterocycles. The van der Waals surface area contributed by atoms with Gasteiger partial charge in [0.15, 0.2) is 0 Å². The minimum absolute atomic E-state index is 0.230. The molecule has 1 aliphatic carbocycles. The predicted molar refractivity (Wildman–Crippen MR) is 68.3 cm³/mol. The predicted octanol–water partition coefficient (Wildman–Crippen LogP) is 1.45. The van der Waals surface area contributed by atoms with Crippen molar-refractivity contribution < 1.29 is 5.11 Å². The Labute approximate surface area is 100 Å². The van der Waals surface area contributed by atoms with Crippen LogP contribution in [-0.2, 0) is 0 Å². The Morgan fingerprint density at radius 3 is 2.44 bits per heavy atom. The second-order valence-corrected chi connectivity index (χ2v) is 5.83. The van der Waals surface area contributed by atoms with E-state index in [1.165, 1.54) is 25.7 Å². The summed E-state index contributed by atoms with van der Waals surface area (Å²) in [6.45, 7) is 6.43. The van der Waals surface area contributed by atoms with Gasteiger partial charge in [-0.3, -0.25) is 0 Å². The molecule has 1 aliphatic rings. The Morgan fingerprint density at radius 1 is 1.44 bits per heavy atom. The van der Waals surface area contributed by atoms with Crippen molar-refractivity contribution in [2.45, 2.75) is 45.6 Å². The molecule has 16 heavy (non-hydrogen) atoms. The molecule has 0 bridgehead atoms. The van der Waals surface area contributed by atoms with Crippen LogP contribution in [0.2, 0.25) is 0 Å². The molecule has 1 fully saturated rings. The van der Waals surface area contributed by atoms with Crippen LogP contribution in [0.3, 0.4) is 0 Å². The fourth-order valence-corrected chi connectivity index (χ4v) is 2.63. The zero-order chi connectivity index (χ0) is 12.2. The molecule has 0 radical (unpaired) electrons. The molecule has 3 heteroatoms. The maximum absolute atomic E-state index is 9.16. The van der Waals surface area contributed by atoms with E-state index < -0.39 is 0 Å². The van der Waals surface area contributed by atoms with Crippen LogP contribution in [-0.4, -0.2) is 42.8 Å². The van der Waals surface area contributed by atoms with Crippen LogP contribution in [0.25, 0.3) is 0 Å². The topological polar surface area (TPSA) is 49.5 Å². The molecule has 0 spiro atoms. The number of aliphatic hydroxyl groups is 1. The highest BCUT2D eigenvalue weighted by atomic mass is 16.3. The van der Waals surface area contributed by atoms with Crippen molar-refractivity contribution in [3.8, 4) is 0 Å². The summed E-state index contributed by atoms with van der Waals surface area (Å²) in [7, 11) is 2.09. The van der Waals surface area contributed by atoms with Crippen molar-refractivity contribution in [2.24, 2.45) is 17.1 Å². The first kappa shape index (κ1) is 13.9. The van der Waals surface area contributed by atoms with Crippen molar-refractivity contribution in [3.63, 3.8) is 0 Å². The van der Waals surface area contributed by atoms with Gasteiger partial charge in [-0.2, -0.15) is 0 Å². The summed E-state index contributed by atoms with van der Waals surface area (Å²) < 4.78 is 0. The van der Waals surface area contributed by atoms with E-state index in [4.69, 9.17) is 10.8 Å². The number of hydrogen-bond donors (Lipinski definition) is 2. The largest absolute Gasteiger partial charge is 0.395 e. The Kier molecular flexibility index (Phi) is 5.22. The van der Waals surface area contributed by atoms with Gasteiger partial charge in [-0.1, -0.05) is 19.8 Å². The highest BCUT2D eigenvalue weighted by Crippen LogP contribution is 2.38. The van der Waals surface area contributed by atoms with Crippen molar-refractivity contribution >= 4 is 0 Å². The zero-order valence-electron chi connectivity index (χ0n) is 11.1. The third-order valence-corrected chi connectivity index (χ3v) is 4.37. The number of nitrogens with zero attached hydrogens (tertiary/aromatic N) is 1. The van der Waals surface area contributed by atoms with Gasteiger partial charge in [-0.05, 0) is 44.7 Å². The lowest BCUT2D eigenvalue weighted by atomic mass is 9.70. The lowest BCUT2D eigenvalue weighted by Gasteiger charge is -2.42. The lowest BCUT2D eigenvalue weighted by molar-refractivity contribution is 0.0708. The molecule has 1 atom stereocenters. The zero-order valence-corrected chi connectivity index (χ0v) is 11.1. The van der Waals surface area contributed by atoms with E-state index in [2.05, 4.69) is 25.8 Å². The molecular weight excluding hydrogens is 200 g/mol. The summed E-state index contributed by atoms with van der Waals surface area (Å²) in [5.74, 6) is 0.861. The molecule has 3 N–H and O–H groups in total. The second-order valence-electron chi connectivity index (χ2n) is 5.83. The van der Waals surface area contributed by atoms with Crippen LogP contribution in [0.4, 0.5) is 0 Å². The van der Waals surface area contributed by atoms with Gasteiger partial charge in [0.05, 0.1) is 6.61 Å². The fraction of sp³-hybridized carbons (Fsp3) is 1.00. The van der Waals surface area contributed by atoms with Crippen molar-refractivity contribution in [2.75, 3.05) is 26.7 Å². The van der Waals surface area contributed by atoms with Gasteiger partial charge in [-0.15, -0.1) is 0 Å². The van der Waals surface area contributed by atoms with Crippen LogP contribution in [0, 0.1) is 11.3 Å². The summed E-state index contributed by atoms with van der Waals surface area (Å²) in [5.41, 5.74) is 6.28. The quantitative estimate of drug-likeness (QED) is 0.749. The smallest absolute Gasteiger partial charge is 0.0584 e. The maximum atomic E-state index is 9.16. The summed E-state index contributed by atoms with van der Waals surface area (Å²) in [6, 6.07) is 0.239. The Bertz CT molecular complexity index is 200. The highest BCUT2D eigenvalue weighted by molar-refractivity contribution is 4.88. The molecule has 1 unspecified atom stereocenters. The van der Waals surface area contributed by atoms with E-state index in [1.54, 1.807) is 0 Å². The molecule has 0 aromatic rings. The van der Waals surface area contributed by atoms with E-state index in [0.29, 0.717) is 5.41 Å². The van der Waals surface area contributed by atoms with E-state index in [0.717, 1.165) is 19.0 Å². The van der Waals surface area contributed by atoms with Gasteiger partial charge in [0.1, 0.15) is 0 Å². The molecule has 1 saturated carbocycles. The van der Waals surface area contributed by atoms with Crippen LogP contribution in [0.5, 0.6) is 0 Å². The lowest BCUT2D eigenvalue weighted by Crippen LogP contribution is -2.46. The average molecular weight is 228 g/mol. The molecule has 1 rings (SSSR count). The highest BCUT2D eigenvalue weighted by Gasteiger charge is 2.34. The molecule has 0 aromatic heterocycles. The third kappa shape index (κ3) is 3.44. The van der Waals surface area contributed by atoms with E-state index >= 15 is 0 Å². The van der Waals surface area contributed by atoms with Crippen LogP contribution in [0.1, 0.15) is 39.5 Å². The van der Waals surface area contributed by atoms with Gasteiger partial charge in [-0.25, -0.2) is 0 Å². The monoisotopic (exact) mass is 228 g/mol. The standard InChI is InChI=1S/C13H28N2O/c1-11-4-6-13(9-14,7-5-11)10-15(3)12(2)8-16/h11-12,16H,4-10,14H2,1-3H3. The fourth-order valence-electron chi connectivity index (χ4n) is 2.63. The SMILES string of the molecule is CC1CCC(CN)(CN(C)C(C)CO)CC1. The third-order valence-electron chi connectivity index (χ3n) is 4.37. The van der Waals surface area contributed by atoms with Crippen molar-refractivity contribution in [1.82, 2.24) is 4.90 Å². The van der Waals surface area contributed by atoms with Gasteiger partial charge in [0, 0.05) is 12.6 Å². The molecule has 96 valence electrons. The number of hydrogen-bond acceptors (Lipinski definition) is 3. The van der Waals surface area contributed by atoms with Crippen LogP contribution < -0.4 is 5.73 Å². The minimum Gasteiger partial charge on any atom is -0.395 e. The van der Waals surface area contributed by atoms with E-state index in [-0.39, 0.29) is 12.6 Å².